The van der Waals surface area contributed by atoms with E-state index in [0.29, 0.717) is 0 Å². The van der Waals surface area contributed by atoms with Crippen molar-refractivity contribution in [2.45, 2.75) is 13.8 Å². The summed E-state index contributed by atoms with van der Waals surface area (Å²) in [7, 11) is 0. The second-order valence-electron chi connectivity index (χ2n) is 5.68. The summed E-state index contributed by atoms with van der Waals surface area (Å²) in [6.45, 7) is 4.29. The molecule has 0 bridgehead atoms. The van der Waals surface area contributed by atoms with Crippen molar-refractivity contribution < 1.29 is 0 Å². The molecule has 0 saturated carbocycles. The van der Waals surface area contributed by atoms with E-state index in [1.807, 2.05) is 11.3 Å². The van der Waals surface area contributed by atoms with E-state index in [0.717, 1.165) is 0 Å². The van der Waals surface area contributed by atoms with Gasteiger partial charge >= 0.3 is 0 Å². The number of rotatable bonds is 1. The molecule has 0 spiro atoms. The molecule has 1 aromatic heterocycles. The molecular weight excluding hydrogens is 272 g/mol. The molecule has 0 N–H and O–H groups in total. The van der Waals surface area contributed by atoms with Gasteiger partial charge in [-0.25, -0.2) is 0 Å². The SMILES string of the molecule is Cc1ccc(-c2ccc3sc4ccc(C)cc4c3c2)cc1. The fraction of sp³-hybridized carbons (Fsp3) is 0.100. The first-order valence-corrected chi connectivity index (χ1v) is 8.02. The van der Waals surface area contributed by atoms with Crippen LogP contribution in [0.1, 0.15) is 11.1 Å². The van der Waals surface area contributed by atoms with E-state index in [4.69, 9.17) is 0 Å². The van der Waals surface area contributed by atoms with Crippen LogP contribution in [0.25, 0.3) is 31.3 Å². The van der Waals surface area contributed by atoms with Gasteiger partial charge in [0.05, 0.1) is 0 Å². The molecule has 0 aliphatic rings. The van der Waals surface area contributed by atoms with Crippen LogP contribution in [0.4, 0.5) is 0 Å². The van der Waals surface area contributed by atoms with Crippen molar-refractivity contribution in [3.05, 3.63) is 71.8 Å². The van der Waals surface area contributed by atoms with Crippen LogP contribution in [-0.4, -0.2) is 0 Å². The smallest absolute Gasteiger partial charge is 0.0355 e. The van der Waals surface area contributed by atoms with Crippen molar-refractivity contribution in [3.63, 3.8) is 0 Å². The van der Waals surface area contributed by atoms with Crippen LogP contribution in [-0.2, 0) is 0 Å². The lowest BCUT2D eigenvalue weighted by atomic mass is 10.0. The summed E-state index contributed by atoms with van der Waals surface area (Å²) in [5.74, 6) is 0. The highest BCUT2D eigenvalue weighted by molar-refractivity contribution is 7.25. The molecule has 0 amide bonds. The van der Waals surface area contributed by atoms with Crippen LogP contribution < -0.4 is 0 Å². The van der Waals surface area contributed by atoms with Crippen LogP contribution in [0, 0.1) is 13.8 Å². The van der Waals surface area contributed by atoms with E-state index in [1.54, 1.807) is 0 Å². The average Bonchev–Trinajstić information content (AvgIpc) is 2.85. The van der Waals surface area contributed by atoms with E-state index < -0.39 is 0 Å². The Morgan fingerprint density at radius 3 is 1.90 bits per heavy atom. The molecule has 1 heterocycles. The summed E-state index contributed by atoms with van der Waals surface area (Å²) < 4.78 is 2.74. The molecule has 21 heavy (non-hydrogen) atoms. The number of fused-ring (bicyclic) bond motifs is 3. The highest BCUT2D eigenvalue weighted by Crippen LogP contribution is 2.36. The van der Waals surface area contributed by atoms with Gasteiger partial charge in [0, 0.05) is 20.2 Å². The summed E-state index contributed by atoms with van der Waals surface area (Å²) in [4.78, 5) is 0. The third-order valence-electron chi connectivity index (χ3n) is 4.01. The van der Waals surface area contributed by atoms with Crippen LogP contribution in [0.5, 0.6) is 0 Å². The molecule has 0 atom stereocenters. The minimum Gasteiger partial charge on any atom is -0.135 e. The Balaban J connectivity index is 1.98. The molecule has 4 aromatic rings. The maximum atomic E-state index is 2.33. The van der Waals surface area contributed by atoms with Gasteiger partial charge in [-0.2, -0.15) is 0 Å². The summed E-state index contributed by atoms with van der Waals surface area (Å²) in [5.41, 5.74) is 5.21. The minimum atomic E-state index is 1.29. The van der Waals surface area contributed by atoms with Crippen LogP contribution in [0.3, 0.4) is 0 Å². The zero-order valence-corrected chi connectivity index (χ0v) is 13.0. The van der Waals surface area contributed by atoms with Gasteiger partial charge in [0.15, 0.2) is 0 Å². The molecule has 0 unspecified atom stereocenters. The quantitative estimate of drug-likeness (QED) is 0.383. The molecule has 0 radical (unpaired) electrons. The molecule has 102 valence electrons. The van der Waals surface area contributed by atoms with Crippen LogP contribution in [0.2, 0.25) is 0 Å². The molecule has 0 fully saturated rings. The number of hydrogen-bond donors (Lipinski definition) is 0. The van der Waals surface area contributed by atoms with Gasteiger partial charge in [-0.1, -0.05) is 47.5 Å². The molecule has 4 rings (SSSR count). The number of aryl methyl sites for hydroxylation is 2. The van der Waals surface area contributed by atoms with Crippen LogP contribution >= 0.6 is 11.3 Å². The third-order valence-corrected chi connectivity index (χ3v) is 5.16. The maximum absolute atomic E-state index is 2.33. The Labute approximate surface area is 128 Å². The molecule has 0 aliphatic heterocycles. The van der Waals surface area contributed by atoms with Gasteiger partial charge in [-0.15, -0.1) is 11.3 Å². The molecular formula is C20H16S. The van der Waals surface area contributed by atoms with E-state index in [9.17, 15) is 0 Å². The lowest BCUT2D eigenvalue weighted by Gasteiger charge is -2.03. The Morgan fingerprint density at radius 2 is 1.14 bits per heavy atom. The monoisotopic (exact) mass is 288 g/mol. The number of benzene rings is 3. The van der Waals surface area contributed by atoms with Crippen molar-refractivity contribution in [1.29, 1.82) is 0 Å². The van der Waals surface area contributed by atoms with Crippen molar-refractivity contribution in [1.82, 2.24) is 0 Å². The topological polar surface area (TPSA) is 0 Å². The first-order chi connectivity index (χ1) is 10.2. The lowest BCUT2D eigenvalue weighted by Crippen LogP contribution is -1.78. The Bertz CT molecular complexity index is 943. The molecule has 3 aromatic carbocycles. The lowest BCUT2D eigenvalue weighted by molar-refractivity contribution is 1.47. The first-order valence-electron chi connectivity index (χ1n) is 7.21. The molecule has 0 aliphatic carbocycles. The van der Waals surface area contributed by atoms with Crippen molar-refractivity contribution >= 4 is 31.5 Å². The fourth-order valence-corrected chi connectivity index (χ4v) is 3.88. The second-order valence-corrected chi connectivity index (χ2v) is 6.76. The molecule has 0 nitrogen and oxygen atoms in total. The fourth-order valence-electron chi connectivity index (χ4n) is 2.82. The van der Waals surface area contributed by atoms with Crippen molar-refractivity contribution in [3.8, 4) is 11.1 Å². The van der Waals surface area contributed by atoms with Gasteiger partial charge in [0.1, 0.15) is 0 Å². The maximum Gasteiger partial charge on any atom is 0.0355 e. The highest BCUT2D eigenvalue weighted by atomic mass is 32.1. The number of thiophene rings is 1. The van der Waals surface area contributed by atoms with Crippen molar-refractivity contribution in [2.75, 3.05) is 0 Å². The van der Waals surface area contributed by atoms with Gasteiger partial charge < -0.3 is 0 Å². The first kappa shape index (κ1) is 12.6. The standard InChI is InChI=1S/C20H16S/c1-13-3-6-15(7-4-13)16-8-10-20-18(12-16)17-11-14(2)5-9-19(17)21-20/h3-12H,1-2H3. The largest absolute Gasteiger partial charge is 0.135 e. The van der Waals surface area contributed by atoms with Gasteiger partial charge in [-0.3, -0.25) is 0 Å². The molecule has 1 heteroatoms. The molecule has 0 saturated heterocycles. The Hall–Kier alpha value is -2.12. The van der Waals surface area contributed by atoms with Crippen molar-refractivity contribution in [2.24, 2.45) is 0 Å². The Morgan fingerprint density at radius 1 is 0.571 bits per heavy atom. The minimum absolute atomic E-state index is 1.29. The van der Waals surface area contributed by atoms with E-state index >= 15 is 0 Å². The van der Waals surface area contributed by atoms with Crippen LogP contribution in [0.15, 0.2) is 60.7 Å². The zero-order valence-electron chi connectivity index (χ0n) is 12.2. The van der Waals surface area contributed by atoms with E-state index in [1.165, 1.54) is 42.4 Å². The van der Waals surface area contributed by atoms with E-state index in [-0.39, 0.29) is 0 Å². The predicted molar refractivity (Wildman–Crippen MR) is 94.2 cm³/mol. The Kier molecular flexibility index (Phi) is 2.83. The highest BCUT2D eigenvalue weighted by Gasteiger charge is 2.07. The second kappa shape index (κ2) is 4.71. The summed E-state index contributed by atoms with van der Waals surface area (Å²) in [6, 6.07) is 22.3. The summed E-state index contributed by atoms with van der Waals surface area (Å²) in [6.07, 6.45) is 0. The van der Waals surface area contributed by atoms with Gasteiger partial charge in [-0.05, 0) is 49.2 Å². The summed E-state index contributed by atoms with van der Waals surface area (Å²) >= 11 is 1.88. The average molecular weight is 288 g/mol. The van der Waals surface area contributed by atoms with Gasteiger partial charge in [0.2, 0.25) is 0 Å². The normalized spacial score (nSPS) is 11.3. The third kappa shape index (κ3) is 2.14. The zero-order chi connectivity index (χ0) is 14.4. The number of hydrogen-bond acceptors (Lipinski definition) is 1. The van der Waals surface area contributed by atoms with Gasteiger partial charge in [0.25, 0.3) is 0 Å². The predicted octanol–water partition coefficient (Wildman–Crippen LogP) is 6.34. The van der Waals surface area contributed by atoms with E-state index in [2.05, 4.69) is 74.5 Å². The summed E-state index contributed by atoms with van der Waals surface area (Å²) in [5, 5.41) is 2.75.